The molecule has 1 atom stereocenters. The molecule has 0 spiro atoms. The van der Waals surface area contributed by atoms with Gasteiger partial charge in [0.15, 0.2) is 0 Å². The summed E-state index contributed by atoms with van der Waals surface area (Å²) in [5.74, 6) is -0.212. The first kappa shape index (κ1) is 15.4. The molecule has 0 saturated carbocycles. The fourth-order valence-electron chi connectivity index (χ4n) is 2.09. The van der Waals surface area contributed by atoms with Crippen LogP contribution in [0.5, 0.6) is 5.75 Å². The zero-order chi connectivity index (χ0) is 15.5. The molecule has 1 heterocycles. The molecule has 21 heavy (non-hydrogen) atoms. The SMILES string of the molecule is CC(N)Cc1ccn(Cc2ccc(OC(F)(F)F)cc2)c1. The maximum Gasteiger partial charge on any atom is 0.573 e. The van der Waals surface area contributed by atoms with Crippen molar-refractivity contribution in [2.45, 2.75) is 32.3 Å². The number of hydrogen-bond donors (Lipinski definition) is 1. The summed E-state index contributed by atoms with van der Waals surface area (Å²) in [6, 6.07) is 7.95. The number of ether oxygens (including phenoxy) is 1. The average Bonchev–Trinajstić information content (AvgIpc) is 2.76. The lowest BCUT2D eigenvalue weighted by Crippen LogP contribution is -2.17. The summed E-state index contributed by atoms with van der Waals surface area (Å²) in [6.07, 6.45) is 0.0580. The van der Waals surface area contributed by atoms with E-state index >= 15 is 0 Å². The van der Waals surface area contributed by atoms with Crippen LogP contribution >= 0.6 is 0 Å². The molecular weight excluding hydrogens is 281 g/mol. The van der Waals surface area contributed by atoms with Gasteiger partial charge in [-0.25, -0.2) is 0 Å². The number of nitrogens with two attached hydrogens (primary N) is 1. The Bertz CT molecular complexity index is 573. The van der Waals surface area contributed by atoms with Crippen molar-refractivity contribution < 1.29 is 17.9 Å². The van der Waals surface area contributed by atoms with E-state index in [1.54, 1.807) is 12.1 Å². The Morgan fingerprint density at radius 1 is 1.14 bits per heavy atom. The van der Waals surface area contributed by atoms with Crippen molar-refractivity contribution in [2.24, 2.45) is 5.73 Å². The van der Waals surface area contributed by atoms with Crippen LogP contribution in [0.15, 0.2) is 42.7 Å². The van der Waals surface area contributed by atoms with Gasteiger partial charge in [-0.1, -0.05) is 12.1 Å². The Labute approximate surface area is 121 Å². The van der Waals surface area contributed by atoms with Crippen molar-refractivity contribution in [2.75, 3.05) is 0 Å². The van der Waals surface area contributed by atoms with Gasteiger partial charge < -0.3 is 15.0 Å². The summed E-state index contributed by atoms with van der Waals surface area (Å²) in [4.78, 5) is 0. The van der Waals surface area contributed by atoms with E-state index in [0.29, 0.717) is 6.54 Å². The molecule has 1 aromatic heterocycles. The Kier molecular flexibility index (Phi) is 4.57. The monoisotopic (exact) mass is 298 g/mol. The van der Waals surface area contributed by atoms with Gasteiger partial charge in [-0.05, 0) is 42.7 Å². The Morgan fingerprint density at radius 2 is 1.81 bits per heavy atom. The summed E-state index contributed by atoms with van der Waals surface area (Å²) < 4.78 is 42.0. The smallest absolute Gasteiger partial charge is 0.406 e. The Balaban J connectivity index is 1.98. The van der Waals surface area contributed by atoms with Gasteiger partial charge in [-0.3, -0.25) is 0 Å². The van der Waals surface area contributed by atoms with Crippen LogP contribution in [0, 0.1) is 0 Å². The molecule has 0 aliphatic heterocycles. The van der Waals surface area contributed by atoms with E-state index in [0.717, 1.165) is 17.5 Å². The van der Waals surface area contributed by atoms with Crippen LogP contribution in [-0.4, -0.2) is 17.0 Å². The van der Waals surface area contributed by atoms with Gasteiger partial charge in [-0.15, -0.1) is 13.2 Å². The molecule has 0 aliphatic carbocycles. The van der Waals surface area contributed by atoms with Crippen molar-refractivity contribution in [3.63, 3.8) is 0 Å². The topological polar surface area (TPSA) is 40.2 Å². The molecule has 6 heteroatoms. The first-order valence-electron chi connectivity index (χ1n) is 6.57. The minimum Gasteiger partial charge on any atom is -0.406 e. The summed E-state index contributed by atoms with van der Waals surface area (Å²) in [7, 11) is 0. The number of halogens is 3. The van der Waals surface area contributed by atoms with Crippen molar-refractivity contribution in [3.8, 4) is 5.75 Å². The normalized spacial score (nSPS) is 13.2. The first-order chi connectivity index (χ1) is 9.82. The molecule has 2 aromatic rings. The second-order valence-corrected chi connectivity index (χ2v) is 5.07. The lowest BCUT2D eigenvalue weighted by molar-refractivity contribution is -0.274. The van der Waals surface area contributed by atoms with Crippen LogP contribution in [0.25, 0.3) is 0 Å². The number of nitrogens with zero attached hydrogens (tertiary/aromatic N) is 1. The molecule has 114 valence electrons. The van der Waals surface area contributed by atoms with Crippen molar-refractivity contribution in [1.29, 1.82) is 0 Å². The molecule has 0 bridgehead atoms. The fraction of sp³-hybridized carbons (Fsp3) is 0.333. The Hall–Kier alpha value is -1.95. The highest BCUT2D eigenvalue weighted by Gasteiger charge is 2.30. The summed E-state index contributed by atoms with van der Waals surface area (Å²) in [6.45, 7) is 2.53. The van der Waals surface area contributed by atoms with Gasteiger partial charge in [0.05, 0.1) is 0 Å². The molecule has 3 nitrogen and oxygen atoms in total. The molecule has 2 rings (SSSR count). The number of hydrogen-bond acceptors (Lipinski definition) is 2. The Morgan fingerprint density at radius 3 is 2.38 bits per heavy atom. The molecule has 1 unspecified atom stereocenters. The van der Waals surface area contributed by atoms with Crippen LogP contribution in [0.4, 0.5) is 13.2 Å². The van der Waals surface area contributed by atoms with Gasteiger partial charge in [0.1, 0.15) is 5.75 Å². The zero-order valence-corrected chi connectivity index (χ0v) is 11.6. The third kappa shape index (κ3) is 5.15. The maximum atomic E-state index is 12.1. The molecule has 0 fully saturated rings. The standard InChI is InChI=1S/C15H17F3N2O/c1-11(19)8-13-6-7-20(10-13)9-12-2-4-14(5-3-12)21-15(16,17)18/h2-7,10-11H,8-9,19H2,1H3. The van der Waals surface area contributed by atoms with Crippen LogP contribution in [0.2, 0.25) is 0 Å². The van der Waals surface area contributed by atoms with Crippen LogP contribution in [0.1, 0.15) is 18.1 Å². The van der Waals surface area contributed by atoms with E-state index in [2.05, 4.69) is 4.74 Å². The van der Waals surface area contributed by atoms with Gasteiger partial charge in [-0.2, -0.15) is 0 Å². The van der Waals surface area contributed by atoms with Gasteiger partial charge in [0.25, 0.3) is 0 Å². The summed E-state index contributed by atoms with van der Waals surface area (Å²) in [5, 5.41) is 0. The summed E-state index contributed by atoms with van der Waals surface area (Å²) in [5.41, 5.74) is 7.77. The lowest BCUT2D eigenvalue weighted by atomic mass is 10.1. The second-order valence-electron chi connectivity index (χ2n) is 5.07. The predicted molar refractivity (Wildman–Crippen MR) is 74.0 cm³/mol. The highest BCUT2D eigenvalue weighted by atomic mass is 19.4. The van der Waals surface area contributed by atoms with Gasteiger partial charge in [0.2, 0.25) is 0 Å². The van der Waals surface area contributed by atoms with Crippen molar-refractivity contribution >= 4 is 0 Å². The molecular formula is C15H17F3N2O. The third-order valence-electron chi connectivity index (χ3n) is 2.89. The second kappa shape index (κ2) is 6.22. The van der Waals surface area contributed by atoms with Crippen molar-refractivity contribution in [1.82, 2.24) is 4.57 Å². The molecule has 0 saturated heterocycles. The highest BCUT2D eigenvalue weighted by Crippen LogP contribution is 2.23. The van der Waals surface area contributed by atoms with E-state index in [-0.39, 0.29) is 11.8 Å². The molecule has 0 radical (unpaired) electrons. The summed E-state index contributed by atoms with van der Waals surface area (Å²) >= 11 is 0. The van der Waals surface area contributed by atoms with E-state index < -0.39 is 6.36 Å². The van der Waals surface area contributed by atoms with Crippen LogP contribution < -0.4 is 10.5 Å². The maximum absolute atomic E-state index is 12.1. The molecule has 0 aliphatic rings. The number of rotatable bonds is 5. The van der Waals surface area contributed by atoms with Crippen LogP contribution in [0.3, 0.4) is 0 Å². The van der Waals surface area contributed by atoms with E-state index in [9.17, 15) is 13.2 Å². The third-order valence-corrected chi connectivity index (χ3v) is 2.89. The van der Waals surface area contributed by atoms with Gasteiger partial charge >= 0.3 is 6.36 Å². The van der Waals surface area contributed by atoms with Crippen molar-refractivity contribution in [3.05, 3.63) is 53.9 Å². The lowest BCUT2D eigenvalue weighted by Gasteiger charge is -2.09. The fourth-order valence-corrected chi connectivity index (χ4v) is 2.09. The van der Waals surface area contributed by atoms with Crippen LogP contribution in [-0.2, 0) is 13.0 Å². The van der Waals surface area contributed by atoms with Gasteiger partial charge in [0, 0.05) is 25.0 Å². The minimum absolute atomic E-state index is 0.0969. The zero-order valence-electron chi connectivity index (χ0n) is 11.6. The first-order valence-corrected chi connectivity index (χ1v) is 6.57. The van der Waals surface area contributed by atoms with E-state index in [1.807, 2.05) is 30.0 Å². The molecule has 2 N–H and O–H groups in total. The minimum atomic E-state index is -4.66. The number of aromatic nitrogens is 1. The quantitative estimate of drug-likeness (QED) is 0.920. The average molecular weight is 298 g/mol. The number of benzene rings is 1. The predicted octanol–water partition coefficient (Wildman–Crippen LogP) is 3.32. The molecule has 1 aromatic carbocycles. The number of alkyl halides is 3. The van der Waals surface area contributed by atoms with E-state index in [1.165, 1.54) is 12.1 Å². The molecule has 0 amide bonds. The van der Waals surface area contributed by atoms with E-state index in [4.69, 9.17) is 5.73 Å². The highest BCUT2D eigenvalue weighted by molar-refractivity contribution is 5.28. The largest absolute Gasteiger partial charge is 0.573 e.